The molecular weight excluding hydrogens is 384 g/mol. The van der Waals surface area contributed by atoms with Crippen LogP contribution in [0.4, 0.5) is 0 Å². The molecule has 0 saturated heterocycles. The van der Waals surface area contributed by atoms with Crippen LogP contribution < -0.4 is 14.2 Å². The van der Waals surface area contributed by atoms with Crippen molar-refractivity contribution in [1.29, 1.82) is 5.26 Å². The highest BCUT2D eigenvalue weighted by Gasteiger charge is 2.41. The van der Waals surface area contributed by atoms with Gasteiger partial charge in [0.1, 0.15) is 17.4 Å². The van der Waals surface area contributed by atoms with E-state index in [9.17, 15) is 10.1 Å². The highest BCUT2D eigenvalue weighted by molar-refractivity contribution is 6.00. The molecular formula is C23H22N2O5. The molecule has 1 aromatic heterocycles. The molecule has 1 unspecified atom stereocenters. The summed E-state index contributed by atoms with van der Waals surface area (Å²) in [5.41, 5.74) is 1.51. The van der Waals surface area contributed by atoms with Crippen LogP contribution in [0.3, 0.4) is 0 Å². The zero-order valence-electron chi connectivity index (χ0n) is 17.1. The number of Topliss-reactive ketones (excluding diaryl/α,β-unsaturated/α-hetero) is 1. The van der Waals surface area contributed by atoms with Gasteiger partial charge < -0.3 is 18.9 Å². The lowest BCUT2D eigenvalue weighted by Gasteiger charge is -2.33. The Bertz CT molecular complexity index is 1090. The first-order chi connectivity index (χ1) is 14.6. The standard InChI is InChI=1S/C23H22N2O5/c1-27-18-10-9-14(21(28-2)22(18)29-3)19-15(13-24)23(25-11-4-5-12-25)30-17-8-6-7-16(26)20(17)19/h4-5,9-12,19H,6-8H2,1-3H3. The number of ketones is 1. The summed E-state index contributed by atoms with van der Waals surface area (Å²) >= 11 is 0. The Morgan fingerprint density at radius 1 is 1.07 bits per heavy atom. The molecule has 154 valence electrons. The molecule has 2 heterocycles. The number of carbonyl (C=O) groups is 1. The number of rotatable bonds is 5. The van der Waals surface area contributed by atoms with Gasteiger partial charge in [0, 0.05) is 36.4 Å². The van der Waals surface area contributed by atoms with Gasteiger partial charge in [-0.3, -0.25) is 9.36 Å². The van der Waals surface area contributed by atoms with E-state index in [0.717, 1.165) is 0 Å². The fourth-order valence-corrected chi connectivity index (χ4v) is 4.14. The van der Waals surface area contributed by atoms with Crippen molar-refractivity contribution >= 4 is 11.7 Å². The van der Waals surface area contributed by atoms with Crippen LogP contribution in [0.15, 0.2) is 53.6 Å². The number of nitriles is 1. The van der Waals surface area contributed by atoms with Gasteiger partial charge >= 0.3 is 0 Å². The number of hydrogen-bond acceptors (Lipinski definition) is 6. The molecule has 0 spiro atoms. The van der Waals surface area contributed by atoms with Crippen LogP contribution in [0.2, 0.25) is 0 Å². The Morgan fingerprint density at radius 2 is 1.80 bits per heavy atom. The average molecular weight is 406 g/mol. The zero-order chi connectivity index (χ0) is 21.3. The highest BCUT2D eigenvalue weighted by Crippen LogP contribution is 2.51. The summed E-state index contributed by atoms with van der Waals surface area (Å²) in [6, 6.07) is 9.56. The van der Waals surface area contributed by atoms with Crippen LogP contribution in [-0.2, 0) is 9.53 Å². The third-order valence-electron chi connectivity index (χ3n) is 5.44. The Balaban J connectivity index is 2.01. The second-order valence-electron chi connectivity index (χ2n) is 6.99. The SMILES string of the molecule is COc1ccc(C2C(C#N)=C(n3cccc3)OC3=C2C(=O)CCC3)c(OC)c1OC. The second-order valence-corrected chi connectivity index (χ2v) is 6.99. The van der Waals surface area contributed by atoms with E-state index >= 15 is 0 Å². The summed E-state index contributed by atoms with van der Waals surface area (Å²) in [7, 11) is 4.60. The normalized spacial score (nSPS) is 18.5. The van der Waals surface area contributed by atoms with Gasteiger partial charge in [-0.2, -0.15) is 5.26 Å². The molecule has 2 aliphatic rings. The van der Waals surface area contributed by atoms with Gasteiger partial charge in [-0.1, -0.05) is 6.07 Å². The van der Waals surface area contributed by atoms with Crippen LogP contribution in [0, 0.1) is 11.3 Å². The molecule has 0 N–H and O–H groups in total. The van der Waals surface area contributed by atoms with E-state index in [1.807, 2.05) is 30.6 Å². The van der Waals surface area contributed by atoms with Crippen LogP contribution in [0.25, 0.3) is 5.88 Å². The smallest absolute Gasteiger partial charge is 0.218 e. The maximum atomic E-state index is 13.0. The van der Waals surface area contributed by atoms with E-state index < -0.39 is 5.92 Å². The van der Waals surface area contributed by atoms with Crippen LogP contribution >= 0.6 is 0 Å². The van der Waals surface area contributed by atoms with E-state index in [4.69, 9.17) is 18.9 Å². The molecule has 1 aliphatic carbocycles. The monoisotopic (exact) mass is 406 g/mol. The Labute approximate surface area is 174 Å². The number of aromatic nitrogens is 1. The minimum Gasteiger partial charge on any atom is -0.493 e. The average Bonchev–Trinajstić information content (AvgIpc) is 3.31. The van der Waals surface area contributed by atoms with E-state index in [2.05, 4.69) is 6.07 Å². The van der Waals surface area contributed by atoms with Crippen molar-refractivity contribution in [2.45, 2.75) is 25.2 Å². The van der Waals surface area contributed by atoms with Gasteiger partial charge in [0.25, 0.3) is 0 Å². The molecule has 30 heavy (non-hydrogen) atoms. The largest absolute Gasteiger partial charge is 0.493 e. The molecule has 2 aromatic rings. The van der Waals surface area contributed by atoms with Crippen molar-refractivity contribution < 1.29 is 23.7 Å². The Kier molecular flexibility index (Phi) is 5.23. The molecule has 0 radical (unpaired) electrons. The van der Waals surface area contributed by atoms with Crippen LogP contribution in [-0.4, -0.2) is 31.7 Å². The highest BCUT2D eigenvalue weighted by atomic mass is 16.5. The number of hydrogen-bond donors (Lipinski definition) is 0. The maximum Gasteiger partial charge on any atom is 0.218 e. The second kappa shape index (κ2) is 7.99. The van der Waals surface area contributed by atoms with Crippen LogP contribution in [0.1, 0.15) is 30.7 Å². The fraction of sp³-hybridized carbons (Fsp3) is 0.304. The van der Waals surface area contributed by atoms with Gasteiger partial charge in [0.15, 0.2) is 17.3 Å². The van der Waals surface area contributed by atoms with E-state index in [1.165, 1.54) is 14.2 Å². The van der Waals surface area contributed by atoms with Crippen molar-refractivity contribution in [2.24, 2.45) is 0 Å². The predicted molar refractivity (Wildman–Crippen MR) is 109 cm³/mol. The Morgan fingerprint density at radius 3 is 2.43 bits per heavy atom. The molecule has 0 amide bonds. The maximum absolute atomic E-state index is 13.0. The number of ether oxygens (including phenoxy) is 4. The minimum absolute atomic E-state index is 0.0163. The topological polar surface area (TPSA) is 82.7 Å². The van der Waals surface area contributed by atoms with Crippen molar-refractivity contribution in [3.05, 3.63) is 59.1 Å². The number of allylic oxidation sites excluding steroid dienone is 3. The molecule has 0 fully saturated rings. The lowest BCUT2D eigenvalue weighted by molar-refractivity contribution is -0.116. The van der Waals surface area contributed by atoms with Crippen LogP contribution in [0.5, 0.6) is 17.2 Å². The molecule has 0 saturated carbocycles. The van der Waals surface area contributed by atoms with Gasteiger partial charge in [-0.15, -0.1) is 0 Å². The summed E-state index contributed by atoms with van der Waals surface area (Å²) in [5, 5.41) is 10.1. The number of benzene rings is 1. The molecule has 1 atom stereocenters. The van der Waals surface area contributed by atoms with E-state index in [1.54, 1.807) is 17.7 Å². The zero-order valence-corrected chi connectivity index (χ0v) is 17.1. The molecule has 4 rings (SSSR count). The third-order valence-corrected chi connectivity index (χ3v) is 5.44. The first kappa shape index (κ1) is 19.6. The number of carbonyl (C=O) groups excluding carboxylic acids is 1. The third kappa shape index (κ3) is 3.01. The van der Waals surface area contributed by atoms with Crippen molar-refractivity contribution in [3.63, 3.8) is 0 Å². The molecule has 1 aliphatic heterocycles. The van der Waals surface area contributed by atoms with Gasteiger partial charge in [0.2, 0.25) is 11.6 Å². The summed E-state index contributed by atoms with van der Waals surface area (Å²) in [6.45, 7) is 0. The predicted octanol–water partition coefficient (Wildman–Crippen LogP) is 4.03. The Hall–Kier alpha value is -3.66. The summed E-state index contributed by atoms with van der Waals surface area (Å²) in [4.78, 5) is 13.0. The quantitative estimate of drug-likeness (QED) is 0.746. The summed E-state index contributed by atoms with van der Waals surface area (Å²) < 4.78 is 24.5. The van der Waals surface area contributed by atoms with Gasteiger partial charge in [-0.25, -0.2) is 0 Å². The first-order valence-electron chi connectivity index (χ1n) is 9.65. The molecule has 7 nitrogen and oxygen atoms in total. The number of nitrogens with zero attached hydrogens (tertiary/aromatic N) is 2. The lowest BCUT2D eigenvalue weighted by atomic mass is 9.77. The fourth-order valence-electron chi connectivity index (χ4n) is 4.14. The van der Waals surface area contributed by atoms with Gasteiger partial charge in [0.05, 0.1) is 27.2 Å². The van der Waals surface area contributed by atoms with Crippen molar-refractivity contribution in [1.82, 2.24) is 4.57 Å². The van der Waals surface area contributed by atoms with Crippen molar-refractivity contribution in [3.8, 4) is 23.3 Å². The summed E-state index contributed by atoms with van der Waals surface area (Å²) in [5.74, 6) is 1.70. The van der Waals surface area contributed by atoms with E-state index in [0.29, 0.717) is 64.9 Å². The van der Waals surface area contributed by atoms with Crippen molar-refractivity contribution in [2.75, 3.05) is 21.3 Å². The minimum atomic E-state index is -0.626. The molecule has 7 heteroatoms. The molecule has 1 aromatic carbocycles. The van der Waals surface area contributed by atoms with E-state index in [-0.39, 0.29) is 5.78 Å². The summed E-state index contributed by atoms with van der Waals surface area (Å²) in [6.07, 6.45) is 5.40. The first-order valence-corrected chi connectivity index (χ1v) is 9.65. The number of methoxy groups -OCH3 is 3. The molecule has 0 bridgehead atoms. The lowest BCUT2D eigenvalue weighted by Crippen LogP contribution is -2.26. The van der Waals surface area contributed by atoms with Gasteiger partial charge in [-0.05, 0) is 24.6 Å².